The average molecular weight is 273 g/mol. The first-order chi connectivity index (χ1) is 9.70. The summed E-state index contributed by atoms with van der Waals surface area (Å²) in [6.45, 7) is 7.93. The van der Waals surface area contributed by atoms with E-state index in [1.807, 2.05) is 49.0 Å². The second-order valence-electron chi connectivity index (χ2n) is 5.06. The molecule has 0 radical (unpaired) electrons. The molecular weight excluding hydrogens is 250 g/mol. The van der Waals surface area contributed by atoms with E-state index in [9.17, 15) is 0 Å². The Morgan fingerprint density at radius 3 is 2.80 bits per heavy atom. The Labute approximate surface area is 120 Å². The van der Waals surface area contributed by atoms with E-state index in [0.717, 1.165) is 30.9 Å². The second-order valence-corrected chi connectivity index (χ2v) is 5.06. The van der Waals surface area contributed by atoms with Crippen molar-refractivity contribution in [3.63, 3.8) is 0 Å². The number of hydrogen-bond donors (Lipinski definition) is 1. The number of nitrogens with one attached hydrogen (secondary N) is 1. The Morgan fingerprint density at radius 1 is 1.25 bits per heavy atom. The third-order valence-electron chi connectivity index (χ3n) is 2.95. The summed E-state index contributed by atoms with van der Waals surface area (Å²) in [6, 6.07) is 10.1. The fourth-order valence-corrected chi connectivity index (χ4v) is 2.08. The van der Waals surface area contributed by atoms with Crippen molar-refractivity contribution in [2.45, 2.75) is 46.4 Å². The fraction of sp³-hybridized carbons (Fsp3) is 0.438. The minimum absolute atomic E-state index is 0.170. The number of aromatic nitrogens is 2. The van der Waals surface area contributed by atoms with Crippen LogP contribution >= 0.6 is 0 Å². The molecule has 0 saturated carbocycles. The van der Waals surface area contributed by atoms with Crippen molar-refractivity contribution in [1.82, 2.24) is 9.78 Å². The summed E-state index contributed by atoms with van der Waals surface area (Å²) in [5, 5.41) is 7.77. The number of anilines is 1. The Balaban J connectivity index is 2.05. The van der Waals surface area contributed by atoms with Crippen LogP contribution in [0.3, 0.4) is 0 Å². The molecule has 0 amide bonds. The predicted molar refractivity (Wildman–Crippen MR) is 82.1 cm³/mol. The van der Waals surface area contributed by atoms with Crippen molar-refractivity contribution in [2.24, 2.45) is 0 Å². The van der Waals surface area contributed by atoms with Crippen LogP contribution in [0.5, 0.6) is 5.75 Å². The first kappa shape index (κ1) is 14.4. The lowest BCUT2D eigenvalue weighted by Crippen LogP contribution is -2.11. The Kier molecular flexibility index (Phi) is 5.04. The van der Waals surface area contributed by atoms with Gasteiger partial charge < -0.3 is 10.1 Å². The zero-order valence-electron chi connectivity index (χ0n) is 12.5. The van der Waals surface area contributed by atoms with E-state index in [2.05, 4.69) is 23.4 Å². The van der Waals surface area contributed by atoms with Gasteiger partial charge in [0.05, 0.1) is 24.0 Å². The van der Waals surface area contributed by atoms with E-state index in [1.165, 1.54) is 5.69 Å². The molecule has 0 aliphatic carbocycles. The first-order valence-electron chi connectivity index (χ1n) is 7.21. The van der Waals surface area contributed by atoms with Crippen LogP contribution in [0.15, 0.2) is 36.5 Å². The Bertz CT molecular complexity index is 534. The van der Waals surface area contributed by atoms with Gasteiger partial charge in [-0.2, -0.15) is 5.10 Å². The van der Waals surface area contributed by atoms with Gasteiger partial charge in [-0.15, -0.1) is 0 Å². The highest BCUT2D eigenvalue weighted by molar-refractivity contribution is 5.56. The average Bonchev–Trinajstić information content (AvgIpc) is 2.85. The summed E-state index contributed by atoms with van der Waals surface area (Å²) in [7, 11) is 0. The fourth-order valence-electron chi connectivity index (χ4n) is 2.08. The maximum absolute atomic E-state index is 5.81. The number of benzene rings is 1. The number of rotatable bonds is 7. The van der Waals surface area contributed by atoms with Gasteiger partial charge in [0.1, 0.15) is 5.75 Å². The van der Waals surface area contributed by atoms with Crippen LogP contribution in [0.1, 0.15) is 32.9 Å². The van der Waals surface area contributed by atoms with Crippen LogP contribution in [-0.2, 0) is 13.1 Å². The minimum Gasteiger partial charge on any atom is -0.489 e. The molecule has 0 fully saturated rings. The minimum atomic E-state index is 0.170. The first-order valence-corrected chi connectivity index (χ1v) is 7.21. The molecular formula is C16H23N3O. The highest BCUT2D eigenvalue weighted by Gasteiger charge is 2.06. The van der Waals surface area contributed by atoms with Crippen molar-refractivity contribution >= 4 is 5.69 Å². The van der Waals surface area contributed by atoms with Crippen LogP contribution in [0, 0.1) is 0 Å². The number of nitrogens with zero attached hydrogens (tertiary/aromatic N) is 2. The van der Waals surface area contributed by atoms with Gasteiger partial charge in [-0.3, -0.25) is 4.68 Å². The highest BCUT2D eigenvalue weighted by atomic mass is 16.5. The number of aryl methyl sites for hydroxylation is 1. The number of hydrogen-bond acceptors (Lipinski definition) is 3. The van der Waals surface area contributed by atoms with Gasteiger partial charge in [-0.25, -0.2) is 0 Å². The van der Waals surface area contributed by atoms with Crippen LogP contribution in [0.2, 0.25) is 0 Å². The van der Waals surface area contributed by atoms with Crippen molar-refractivity contribution in [1.29, 1.82) is 0 Å². The quantitative estimate of drug-likeness (QED) is 0.836. The van der Waals surface area contributed by atoms with E-state index < -0.39 is 0 Å². The van der Waals surface area contributed by atoms with Crippen LogP contribution in [0.25, 0.3) is 0 Å². The molecule has 0 saturated heterocycles. The molecule has 20 heavy (non-hydrogen) atoms. The summed E-state index contributed by atoms with van der Waals surface area (Å²) in [5.41, 5.74) is 2.21. The molecule has 0 aliphatic heterocycles. The van der Waals surface area contributed by atoms with Crippen LogP contribution in [0.4, 0.5) is 5.69 Å². The van der Waals surface area contributed by atoms with Gasteiger partial charge in [-0.05, 0) is 38.5 Å². The normalized spacial score (nSPS) is 10.8. The van der Waals surface area contributed by atoms with Crippen molar-refractivity contribution in [2.75, 3.05) is 5.32 Å². The van der Waals surface area contributed by atoms with E-state index in [1.54, 1.807) is 0 Å². The van der Waals surface area contributed by atoms with Crippen LogP contribution in [-0.4, -0.2) is 15.9 Å². The molecule has 0 bridgehead atoms. The SMILES string of the molecule is CCCn1nccc1CNc1ccccc1OC(C)C. The summed E-state index contributed by atoms with van der Waals surface area (Å²) in [5.74, 6) is 0.893. The van der Waals surface area contributed by atoms with Gasteiger partial charge >= 0.3 is 0 Å². The molecule has 1 aromatic carbocycles. The third-order valence-corrected chi connectivity index (χ3v) is 2.95. The molecule has 4 nitrogen and oxygen atoms in total. The van der Waals surface area contributed by atoms with Gasteiger partial charge in [0.15, 0.2) is 0 Å². The van der Waals surface area contributed by atoms with Gasteiger partial charge in [0, 0.05) is 12.7 Å². The maximum atomic E-state index is 5.81. The molecule has 0 spiro atoms. The van der Waals surface area contributed by atoms with Gasteiger partial charge in [0.25, 0.3) is 0 Å². The van der Waals surface area contributed by atoms with Crippen molar-refractivity contribution < 1.29 is 4.74 Å². The standard InChI is InChI=1S/C16H23N3O/c1-4-11-19-14(9-10-18-19)12-17-15-7-5-6-8-16(15)20-13(2)3/h5-10,13,17H,4,11-12H2,1-3H3. The lowest BCUT2D eigenvalue weighted by Gasteiger charge is -2.15. The van der Waals surface area contributed by atoms with Gasteiger partial charge in [-0.1, -0.05) is 19.1 Å². The monoisotopic (exact) mass is 273 g/mol. The smallest absolute Gasteiger partial charge is 0.142 e. The molecule has 1 N–H and O–H groups in total. The highest BCUT2D eigenvalue weighted by Crippen LogP contribution is 2.25. The summed E-state index contributed by atoms with van der Waals surface area (Å²) < 4.78 is 7.85. The lowest BCUT2D eigenvalue weighted by molar-refractivity contribution is 0.243. The van der Waals surface area contributed by atoms with Crippen molar-refractivity contribution in [3.8, 4) is 5.75 Å². The zero-order valence-corrected chi connectivity index (χ0v) is 12.5. The molecule has 2 rings (SSSR count). The van der Waals surface area contributed by atoms with E-state index in [4.69, 9.17) is 4.74 Å². The Hall–Kier alpha value is -1.97. The van der Waals surface area contributed by atoms with Crippen molar-refractivity contribution in [3.05, 3.63) is 42.2 Å². The van der Waals surface area contributed by atoms with Crippen LogP contribution < -0.4 is 10.1 Å². The van der Waals surface area contributed by atoms with Gasteiger partial charge in [0.2, 0.25) is 0 Å². The predicted octanol–water partition coefficient (Wildman–Crippen LogP) is 3.69. The molecule has 0 aliphatic rings. The number of para-hydroxylation sites is 2. The third kappa shape index (κ3) is 3.76. The second kappa shape index (κ2) is 6.98. The summed E-state index contributed by atoms with van der Waals surface area (Å²) in [4.78, 5) is 0. The topological polar surface area (TPSA) is 39.1 Å². The van der Waals surface area contributed by atoms with E-state index >= 15 is 0 Å². The molecule has 108 valence electrons. The molecule has 0 atom stereocenters. The molecule has 0 unspecified atom stereocenters. The largest absolute Gasteiger partial charge is 0.489 e. The zero-order chi connectivity index (χ0) is 14.4. The maximum Gasteiger partial charge on any atom is 0.142 e. The van der Waals surface area contributed by atoms with E-state index in [-0.39, 0.29) is 6.10 Å². The molecule has 2 aromatic rings. The summed E-state index contributed by atoms with van der Waals surface area (Å²) >= 11 is 0. The van der Waals surface area contributed by atoms with E-state index in [0.29, 0.717) is 0 Å². The number of ether oxygens (including phenoxy) is 1. The molecule has 1 heterocycles. The lowest BCUT2D eigenvalue weighted by atomic mass is 10.2. The molecule has 4 heteroatoms. The summed E-state index contributed by atoms with van der Waals surface area (Å²) in [6.07, 6.45) is 3.11. The molecule has 1 aromatic heterocycles. The Morgan fingerprint density at radius 2 is 2.05 bits per heavy atom.